The second-order valence-electron chi connectivity index (χ2n) is 4.89. The van der Waals surface area contributed by atoms with E-state index in [2.05, 4.69) is 0 Å². The molecule has 1 aromatic carbocycles. The van der Waals surface area contributed by atoms with Crippen LogP contribution in [0.4, 0.5) is 0 Å². The molecule has 7 nitrogen and oxygen atoms in total. The van der Waals surface area contributed by atoms with E-state index in [1.54, 1.807) is 4.90 Å². The highest BCUT2D eigenvalue weighted by atomic mass is 16.5. The average Bonchev–Trinajstić information content (AvgIpc) is 2.55. The number of amides is 2. The Kier molecular flexibility index (Phi) is 5.35. The van der Waals surface area contributed by atoms with Crippen molar-refractivity contribution in [3.8, 4) is 5.75 Å². The molecular weight excluding hydrogens is 288 g/mol. The van der Waals surface area contributed by atoms with Crippen LogP contribution in [0.3, 0.4) is 0 Å². The molecule has 1 aliphatic heterocycles. The maximum atomic E-state index is 12.0. The Balaban J connectivity index is 1.71. The number of nitrogens with zero attached hydrogens (tertiary/aromatic N) is 2. The molecule has 1 N–H and O–H groups in total. The summed E-state index contributed by atoms with van der Waals surface area (Å²) in [6.45, 7) is 1.48. The standard InChI is InChI=1S/C15H18N2O5/c18-13(6-11-22-12-4-2-1-3-5-12)16-7-9-17(10-8-16)14(19)15(20)21/h1-5H,6-11H2,(H,20,21). The van der Waals surface area contributed by atoms with Crippen molar-refractivity contribution in [3.05, 3.63) is 30.3 Å². The topological polar surface area (TPSA) is 87.2 Å². The van der Waals surface area contributed by atoms with Gasteiger partial charge in [-0.3, -0.25) is 9.59 Å². The second-order valence-corrected chi connectivity index (χ2v) is 4.89. The van der Waals surface area contributed by atoms with Crippen LogP contribution < -0.4 is 4.74 Å². The van der Waals surface area contributed by atoms with Crippen molar-refractivity contribution in [3.63, 3.8) is 0 Å². The van der Waals surface area contributed by atoms with Crippen molar-refractivity contribution in [2.24, 2.45) is 0 Å². The number of carboxylic acids is 1. The third kappa shape index (κ3) is 4.21. The van der Waals surface area contributed by atoms with Crippen molar-refractivity contribution in [2.75, 3.05) is 32.8 Å². The first-order chi connectivity index (χ1) is 10.6. The van der Waals surface area contributed by atoms with E-state index in [4.69, 9.17) is 9.84 Å². The number of piperazine rings is 1. The molecule has 2 rings (SSSR count). The van der Waals surface area contributed by atoms with E-state index in [0.717, 1.165) is 0 Å². The number of ether oxygens (including phenoxy) is 1. The number of benzene rings is 1. The number of hydrogen-bond acceptors (Lipinski definition) is 4. The van der Waals surface area contributed by atoms with Crippen LogP contribution in [-0.2, 0) is 14.4 Å². The molecule has 0 aromatic heterocycles. The van der Waals surface area contributed by atoms with Crippen molar-refractivity contribution in [1.29, 1.82) is 0 Å². The monoisotopic (exact) mass is 306 g/mol. The third-order valence-corrected chi connectivity index (χ3v) is 3.43. The Bertz CT molecular complexity index is 538. The summed E-state index contributed by atoms with van der Waals surface area (Å²) in [5, 5.41) is 8.65. The molecule has 2 amide bonds. The molecule has 0 unspecified atom stereocenters. The third-order valence-electron chi connectivity index (χ3n) is 3.43. The number of para-hydroxylation sites is 1. The van der Waals surface area contributed by atoms with Gasteiger partial charge in [-0.2, -0.15) is 0 Å². The summed E-state index contributed by atoms with van der Waals surface area (Å²) in [7, 11) is 0. The van der Waals surface area contributed by atoms with Gasteiger partial charge in [-0.15, -0.1) is 0 Å². The maximum Gasteiger partial charge on any atom is 0.394 e. The molecule has 118 valence electrons. The van der Waals surface area contributed by atoms with E-state index in [-0.39, 0.29) is 32.0 Å². The van der Waals surface area contributed by atoms with Gasteiger partial charge >= 0.3 is 11.9 Å². The van der Waals surface area contributed by atoms with E-state index in [1.165, 1.54) is 4.90 Å². The fraction of sp³-hybridized carbons (Fsp3) is 0.400. The van der Waals surface area contributed by atoms with Crippen molar-refractivity contribution >= 4 is 17.8 Å². The quantitative estimate of drug-likeness (QED) is 0.804. The van der Waals surface area contributed by atoms with Crippen molar-refractivity contribution in [2.45, 2.75) is 6.42 Å². The van der Waals surface area contributed by atoms with Gasteiger partial charge in [0.1, 0.15) is 5.75 Å². The van der Waals surface area contributed by atoms with E-state index >= 15 is 0 Å². The predicted octanol–water partition coefficient (Wildman–Crippen LogP) is 0.211. The smallest absolute Gasteiger partial charge is 0.394 e. The summed E-state index contributed by atoms with van der Waals surface area (Å²) in [5.74, 6) is -1.72. The Labute approximate surface area is 128 Å². The summed E-state index contributed by atoms with van der Waals surface area (Å²) in [4.78, 5) is 36.8. The molecule has 22 heavy (non-hydrogen) atoms. The van der Waals surface area contributed by atoms with Gasteiger partial charge in [-0.25, -0.2) is 4.79 Å². The van der Waals surface area contributed by atoms with Crippen LogP contribution in [0.25, 0.3) is 0 Å². The van der Waals surface area contributed by atoms with Crippen LogP contribution >= 0.6 is 0 Å². The highest BCUT2D eigenvalue weighted by Gasteiger charge is 2.27. The van der Waals surface area contributed by atoms with Crippen LogP contribution in [0, 0.1) is 0 Å². The fourth-order valence-electron chi connectivity index (χ4n) is 2.23. The minimum Gasteiger partial charge on any atom is -0.493 e. The van der Waals surface area contributed by atoms with Gasteiger partial charge in [-0.05, 0) is 12.1 Å². The first kappa shape index (κ1) is 15.8. The van der Waals surface area contributed by atoms with E-state index in [1.807, 2.05) is 30.3 Å². The molecular formula is C15H18N2O5. The molecule has 0 atom stereocenters. The number of carbonyl (C=O) groups is 3. The molecule has 1 aromatic rings. The maximum absolute atomic E-state index is 12.0. The lowest BCUT2D eigenvalue weighted by Gasteiger charge is -2.33. The van der Waals surface area contributed by atoms with E-state index in [0.29, 0.717) is 18.8 Å². The van der Waals surface area contributed by atoms with Gasteiger partial charge in [0.05, 0.1) is 13.0 Å². The summed E-state index contributed by atoms with van der Waals surface area (Å²) in [6.07, 6.45) is 0.252. The fourth-order valence-corrected chi connectivity index (χ4v) is 2.23. The van der Waals surface area contributed by atoms with Crippen LogP contribution in [0.15, 0.2) is 30.3 Å². The zero-order valence-corrected chi connectivity index (χ0v) is 12.1. The van der Waals surface area contributed by atoms with Crippen LogP contribution in [0.2, 0.25) is 0 Å². The largest absolute Gasteiger partial charge is 0.493 e. The number of carbonyl (C=O) groups excluding carboxylic acids is 2. The Morgan fingerprint density at radius 3 is 2.18 bits per heavy atom. The normalized spacial score (nSPS) is 14.5. The summed E-state index contributed by atoms with van der Waals surface area (Å²) in [6, 6.07) is 9.24. The van der Waals surface area contributed by atoms with Gasteiger partial charge in [0.15, 0.2) is 0 Å². The van der Waals surface area contributed by atoms with Gasteiger partial charge in [0, 0.05) is 26.2 Å². The summed E-state index contributed by atoms with van der Waals surface area (Å²) >= 11 is 0. The van der Waals surface area contributed by atoms with Gasteiger partial charge < -0.3 is 19.6 Å². The number of aliphatic carboxylic acids is 1. The lowest BCUT2D eigenvalue weighted by molar-refractivity contribution is -0.157. The number of hydrogen-bond donors (Lipinski definition) is 1. The van der Waals surface area contributed by atoms with Crippen molar-refractivity contribution < 1.29 is 24.2 Å². The van der Waals surface area contributed by atoms with E-state index < -0.39 is 11.9 Å². The Morgan fingerprint density at radius 2 is 1.59 bits per heavy atom. The molecule has 1 heterocycles. The number of carboxylic acid groups (broad SMARTS) is 1. The lowest BCUT2D eigenvalue weighted by atomic mass is 10.2. The first-order valence-electron chi connectivity index (χ1n) is 7.06. The summed E-state index contributed by atoms with van der Waals surface area (Å²) < 4.78 is 5.47. The molecule has 0 bridgehead atoms. The molecule has 0 aliphatic carbocycles. The zero-order chi connectivity index (χ0) is 15.9. The summed E-state index contributed by atoms with van der Waals surface area (Å²) in [5.41, 5.74) is 0. The zero-order valence-electron chi connectivity index (χ0n) is 12.1. The highest BCUT2D eigenvalue weighted by Crippen LogP contribution is 2.09. The minimum absolute atomic E-state index is 0.0571. The lowest BCUT2D eigenvalue weighted by Crippen LogP contribution is -2.52. The second kappa shape index (κ2) is 7.44. The minimum atomic E-state index is -1.46. The number of rotatable bonds is 4. The Hall–Kier alpha value is -2.57. The van der Waals surface area contributed by atoms with E-state index in [9.17, 15) is 14.4 Å². The molecule has 0 spiro atoms. The first-order valence-corrected chi connectivity index (χ1v) is 7.06. The predicted molar refractivity (Wildman–Crippen MR) is 77.3 cm³/mol. The molecule has 7 heteroatoms. The molecule has 1 saturated heterocycles. The van der Waals surface area contributed by atoms with Crippen molar-refractivity contribution in [1.82, 2.24) is 9.80 Å². The molecule has 1 aliphatic rings. The van der Waals surface area contributed by atoms with Crippen LogP contribution in [0.1, 0.15) is 6.42 Å². The van der Waals surface area contributed by atoms with Crippen LogP contribution in [0.5, 0.6) is 5.75 Å². The average molecular weight is 306 g/mol. The molecule has 0 saturated carbocycles. The Morgan fingerprint density at radius 1 is 1.00 bits per heavy atom. The molecule has 0 radical (unpaired) electrons. The SMILES string of the molecule is O=C(O)C(=O)N1CCN(C(=O)CCOc2ccccc2)CC1. The van der Waals surface area contributed by atoms with Crippen LogP contribution in [-0.4, -0.2) is 65.5 Å². The molecule has 1 fully saturated rings. The van der Waals surface area contributed by atoms with Gasteiger partial charge in [0.2, 0.25) is 5.91 Å². The van der Waals surface area contributed by atoms with Gasteiger partial charge in [0.25, 0.3) is 0 Å². The highest BCUT2D eigenvalue weighted by molar-refractivity contribution is 6.31. The van der Waals surface area contributed by atoms with Gasteiger partial charge in [-0.1, -0.05) is 18.2 Å².